The zero-order valence-corrected chi connectivity index (χ0v) is 25.7. The van der Waals surface area contributed by atoms with Crippen LogP contribution < -0.4 is 15.5 Å². The highest BCUT2D eigenvalue weighted by Crippen LogP contribution is 2.34. The lowest BCUT2D eigenvalue weighted by Gasteiger charge is -2.43. The number of anilines is 1. The van der Waals surface area contributed by atoms with Crippen LogP contribution in [0.3, 0.4) is 0 Å². The van der Waals surface area contributed by atoms with E-state index < -0.39 is 0 Å². The Morgan fingerprint density at radius 1 is 0.952 bits per heavy atom. The van der Waals surface area contributed by atoms with Gasteiger partial charge in [-0.1, -0.05) is 60.1 Å². The molecule has 4 atom stereocenters. The summed E-state index contributed by atoms with van der Waals surface area (Å²) in [5, 5.41) is 8.03. The van der Waals surface area contributed by atoms with Gasteiger partial charge in [0.15, 0.2) is 0 Å². The molecule has 2 heterocycles. The van der Waals surface area contributed by atoms with Gasteiger partial charge in [-0.05, 0) is 85.8 Å². The van der Waals surface area contributed by atoms with Crippen LogP contribution in [0.15, 0.2) is 66.7 Å². The zero-order chi connectivity index (χ0) is 29.1. The minimum atomic E-state index is -0.318. The molecule has 6 rings (SSSR count). The van der Waals surface area contributed by atoms with Crippen LogP contribution in [0.1, 0.15) is 40.3 Å². The molecule has 1 saturated heterocycles. The summed E-state index contributed by atoms with van der Waals surface area (Å²) in [5.74, 6) is 0. The molecule has 6 nitrogen and oxygen atoms in total. The molecule has 0 spiro atoms. The fourth-order valence-electron chi connectivity index (χ4n) is 7.21. The molecule has 3 aromatic rings. The van der Waals surface area contributed by atoms with Crippen LogP contribution in [0.25, 0.3) is 0 Å². The van der Waals surface area contributed by atoms with Gasteiger partial charge in [0.1, 0.15) is 6.29 Å². The molecule has 222 valence electrons. The third-order valence-electron chi connectivity index (χ3n) is 9.68. The van der Waals surface area contributed by atoms with Crippen molar-refractivity contribution in [3.63, 3.8) is 0 Å². The summed E-state index contributed by atoms with van der Waals surface area (Å²) in [6, 6.07) is 24.1. The average Bonchev–Trinajstić information content (AvgIpc) is 3.03. The van der Waals surface area contributed by atoms with Crippen molar-refractivity contribution >= 4 is 23.6 Å². The number of rotatable bonds is 9. The summed E-state index contributed by atoms with van der Waals surface area (Å²) in [5.41, 5.74) is 8.33. The van der Waals surface area contributed by atoms with E-state index in [0.717, 1.165) is 70.4 Å². The maximum absolute atomic E-state index is 12.7. The summed E-state index contributed by atoms with van der Waals surface area (Å²) in [6.45, 7) is 5.30. The Morgan fingerprint density at radius 3 is 2.43 bits per heavy atom. The molecule has 0 amide bonds. The van der Waals surface area contributed by atoms with Gasteiger partial charge >= 0.3 is 0 Å². The van der Waals surface area contributed by atoms with E-state index in [4.69, 9.17) is 11.6 Å². The third-order valence-corrected chi connectivity index (χ3v) is 9.93. The van der Waals surface area contributed by atoms with E-state index >= 15 is 0 Å². The molecule has 1 aliphatic carbocycles. The Kier molecular flexibility index (Phi) is 9.27. The second kappa shape index (κ2) is 13.3. The van der Waals surface area contributed by atoms with Gasteiger partial charge in [0.25, 0.3) is 0 Å². The molecule has 7 heteroatoms. The van der Waals surface area contributed by atoms with Crippen molar-refractivity contribution in [3.8, 4) is 0 Å². The first-order valence-electron chi connectivity index (χ1n) is 15.5. The van der Waals surface area contributed by atoms with Crippen LogP contribution >= 0.6 is 11.6 Å². The second-order valence-corrected chi connectivity index (χ2v) is 12.9. The van der Waals surface area contributed by atoms with Crippen molar-refractivity contribution in [2.45, 2.75) is 56.4 Å². The molecule has 0 aromatic heterocycles. The lowest BCUT2D eigenvalue weighted by molar-refractivity contribution is -0.111. The number of hydrogen-bond acceptors (Lipinski definition) is 6. The molecule has 42 heavy (non-hydrogen) atoms. The minimum absolute atomic E-state index is 0.0550. The topological polar surface area (TPSA) is 50.9 Å². The van der Waals surface area contributed by atoms with Crippen molar-refractivity contribution in [2.24, 2.45) is 0 Å². The van der Waals surface area contributed by atoms with Gasteiger partial charge in [0.2, 0.25) is 0 Å². The van der Waals surface area contributed by atoms with Crippen molar-refractivity contribution < 1.29 is 4.79 Å². The van der Waals surface area contributed by atoms with Gasteiger partial charge in [-0.15, -0.1) is 0 Å². The summed E-state index contributed by atoms with van der Waals surface area (Å²) < 4.78 is 0. The average molecular weight is 586 g/mol. The molecular weight excluding hydrogens is 542 g/mol. The van der Waals surface area contributed by atoms with E-state index in [1.165, 1.54) is 34.4 Å². The molecule has 0 radical (unpaired) electrons. The lowest BCUT2D eigenvalue weighted by Crippen LogP contribution is -2.55. The van der Waals surface area contributed by atoms with Gasteiger partial charge in [-0.3, -0.25) is 4.90 Å². The van der Waals surface area contributed by atoms with E-state index in [0.29, 0.717) is 17.1 Å². The van der Waals surface area contributed by atoms with Gasteiger partial charge < -0.3 is 25.2 Å². The van der Waals surface area contributed by atoms with E-state index in [1.807, 2.05) is 12.1 Å². The Bertz CT molecular complexity index is 1350. The Hall–Kier alpha value is -2.74. The van der Waals surface area contributed by atoms with Crippen molar-refractivity contribution in [3.05, 3.63) is 99.6 Å². The second-order valence-electron chi connectivity index (χ2n) is 12.4. The standard InChI is InChI=1S/C35H44ClN5O/c1-39(2)31-15-12-25-8-5-9-34(32(25)21-31)40-16-18-41(19-17-40)35(26-10-13-29(36)14-11-26)33(24-42)38-23-30-20-27-6-3-4-7-28(27)22-37-30/h3-11,13-14,24,30-31,33,35,37-38H,12,15-23H2,1-2H3. The van der Waals surface area contributed by atoms with Crippen LogP contribution in [0.4, 0.5) is 5.69 Å². The summed E-state index contributed by atoms with van der Waals surface area (Å²) in [6.07, 6.45) is 5.57. The highest BCUT2D eigenvalue weighted by atomic mass is 35.5. The van der Waals surface area contributed by atoms with E-state index in [1.54, 1.807) is 0 Å². The van der Waals surface area contributed by atoms with Crippen molar-refractivity contribution in [1.82, 2.24) is 20.4 Å². The summed E-state index contributed by atoms with van der Waals surface area (Å²) in [7, 11) is 4.41. The number of nitrogens with zero attached hydrogens (tertiary/aromatic N) is 3. The first kappa shape index (κ1) is 29.3. The van der Waals surface area contributed by atoms with E-state index in [9.17, 15) is 4.79 Å². The predicted molar refractivity (Wildman–Crippen MR) is 173 cm³/mol. The number of hydrogen-bond donors (Lipinski definition) is 2. The fourth-order valence-corrected chi connectivity index (χ4v) is 7.34. The Balaban J connectivity index is 1.16. The molecule has 0 bridgehead atoms. The van der Waals surface area contributed by atoms with Crippen LogP contribution in [0.5, 0.6) is 0 Å². The Labute approximate surface area is 256 Å². The number of aryl methyl sites for hydroxylation is 1. The van der Waals surface area contributed by atoms with E-state index in [2.05, 4.69) is 94.0 Å². The molecule has 1 fully saturated rings. The number of carbonyl (C=O) groups is 1. The number of aldehydes is 1. The molecule has 3 aliphatic rings. The quantitative estimate of drug-likeness (QED) is 0.361. The SMILES string of the molecule is CN(C)C1CCc2cccc(N3CCN(C(c4ccc(Cl)cc4)C(C=O)NCC4Cc5ccccc5CN4)CC3)c2C1. The molecule has 3 aromatic carbocycles. The highest BCUT2D eigenvalue weighted by molar-refractivity contribution is 6.30. The number of likely N-dealkylation sites (N-methyl/N-ethyl adjacent to an activating group) is 1. The lowest BCUT2D eigenvalue weighted by atomic mass is 9.86. The van der Waals surface area contributed by atoms with Crippen LogP contribution in [-0.2, 0) is 30.6 Å². The minimum Gasteiger partial charge on any atom is -0.369 e. The van der Waals surface area contributed by atoms with Crippen LogP contribution in [-0.4, -0.2) is 81.0 Å². The number of halogens is 1. The number of nitrogens with one attached hydrogen (secondary N) is 2. The number of fused-ring (bicyclic) bond motifs is 2. The van der Waals surface area contributed by atoms with Gasteiger partial charge in [0, 0.05) is 62.1 Å². The predicted octanol–water partition coefficient (Wildman–Crippen LogP) is 4.49. The largest absolute Gasteiger partial charge is 0.369 e. The fraction of sp³-hybridized carbons (Fsp3) is 0.457. The monoisotopic (exact) mass is 585 g/mol. The molecule has 4 unspecified atom stereocenters. The van der Waals surface area contributed by atoms with Crippen LogP contribution in [0.2, 0.25) is 5.02 Å². The highest BCUT2D eigenvalue weighted by Gasteiger charge is 2.33. The van der Waals surface area contributed by atoms with E-state index in [-0.39, 0.29) is 12.1 Å². The number of benzene rings is 3. The smallest absolute Gasteiger partial charge is 0.138 e. The maximum Gasteiger partial charge on any atom is 0.138 e. The molecular formula is C35H44ClN5O. The molecule has 2 aliphatic heterocycles. The normalized spacial score (nSPS) is 22.3. The Morgan fingerprint density at radius 2 is 1.69 bits per heavy atom. The van der Waals surface area contributed by atoms with Crippen molar-refractivity contribution in [1.29, 1.82) is 0 Å². The van der Waals surface area contributed by atoms with Crippen molar-refractivity contribution in [2.75, 3.05) is 51.7 Å². The first-order chi connectivity index (χ1) is 20.5. The summed E-state index contributed by atoms with van der Waals surface area (Å²) >= 11 is 6.28. The molecule has 2 N–H and O–H groups in total. The molecule has 0 saturated carbocycles. The third kappa shape index (κ3) is 6.43. The number of carbonyl (C=O) groups excluding carboxylic acids is 1. The number of piperazine rings is 1. The van der Waals surface area contributed by atoms with Gasteiger partial charge in [0.05, 0.1) is 12.1 Å². The summed E-state index contributed by atoms with van der Waals surface area (Å²) in [4.78, 5) is 20.1. The van der Waals surface area contributed by atoms with Gasteiger partial charge in [-0.2, -0.15) is 0 Å². The zero-order valence-electron chi connectivity index (χ0n) is 24.9. The maximum atomic E-state index is 12.7. The van der Waals surface area contributed by atoms with Gasteiger partial charge in [-0.25, -0.2) is 0 Å². The van der Waals surface area contributed by atoms with Crippen LogP contribution in [0, 0.1) is 0 Å². The first-order valence-corrected chi connectivity index (χ1v) is 15.9.